The molecule has 0 aliphatic carbocycles. The van der Waals surface area contributed by atoms with Gasteiger partial charge in [0.05, 0.1) is 6.54 Å². The standard InChI is InChI=1S/C24H25N3O5/c1-16-5-4-6-17(2)23(16)27-21(28)15-26-24(30)18(3)32-22(29)12-9-19-7-10-20(11-8-19)31-14-13-25/h4-12,18H,14-15H2,1-3H3,(H,26,30)(H,27,28)/b12-9+. The molecule has 2 rings (SSSR count). The van der Waals surface area contributed by atoms with Crippen LogP contribution in [0.15, 0.2) is 48.5 Å². The summed E-state index contributed by atoms with van der Waals surface area (Å²) in [5.41, 5.74) is 3.26. The van der Waals surface area contributed by atoms with Crippen LogP contribution in [0.2, 0.25) is 0 Å². The van der Waals surface area contributed by atoms with Crippen molar-refractivity contribution < 1.29 is 23.9 Å². The Labute approximate surface area is 186 Å². The number of esters is 1. The topological polar surface area (TPSA) is 118 Å². The number of nitriles is 1. The van der Waals surface area contributed by atoms with E-state index < -0.39 is 18.0 Å². The molecule has 8 heteroatoms. The lowest BCUT2D eigenvalue weighted by atomic mass is 10.1. The molecule has 2 amide bonds. The van der Waals surface area contributed by atoms with E-state index in [2.05, 4.69) is 10.6 Å². The molecule has 32 heavy (non-hydrogen) atoms. The van der Waals surface area contributed by atoms with Gasteiger partial charge in [0.2, 0.25) is 5.91 Å². The molecule has 0 bridgehead atoms. The summed E-state index contributed by atoms with van der Waals surface area (Å²) in [7, 11) is 0. The van der Waals surface area contributed by atoms with Gasteiger partial charge in [-0.1, -0.05) is 30.3 Å². The van der Waals surface area contributed by atoms with Crippen LogP contribution in [0, 0.1) is 25.2 Å². The summed E-state index contributed by atoms with van der Waals surface area (Å²) < 4.78 is 10.2. The SMILES string of the molecule is Cc1cccc(C)c1NC(=O)CNC(=O)C(C)OC(=O)/C=C/c1ccc(OCC#N)cc1. The number of carbonyl (C=O) groups is 3. The molecule has 0 radical (unpaired) electrons. The molecule has 2 N–H and O–H groups in total. The van der Waals surface area contributed by atoms with Crippen molar-refractivity contribution in [2.24, 2.45) is 0 Å². The summed E-state index contributed by atoms with van der Waals surface area (Å²) in [6.07, 6.45) is 1.66. The summed E-state index contributed by atoms with van der Waals surface area (Å²) in [6, 6.07) is 14.3. The van der Waals surface area contributed by atoms with Crippen LogP contribution in [0.3, 0.4) is 0 Å². The smallest absolute Gasteiger partial charge is 0.331 e. The molecular weight excluding hydrogens is 410 g/mol. The maximum absolute atomic E-state index is 12.1. The molecule has 0 aromatic heterocycles. The summed E-state index contributed by atoms with van der Waals surface area (Å²) in [5.74, 6) is -1.12. The highest BCUT2D eigenvalue weighted by molar-refractivity contribution is 5.96. The third kappa shape index (κ3) is 7.61. The van der Waals surface area contributed by atoms with Crippen molar-refractivity contribution in [3.63, 3.8) is 0 Å². The van der Waals surface area contributed by atoms with Gasteiger partial charge in [0.15, 0.2) is 12.7 Å². The number of amides is 2. The van der Waals surface area contributed by atoms with Crippen molar-refractivity contribution in [2.45, 2.75) is 26.9 Å². The van der Waals surface area contributed by atoms with Gasteiger partial charge < -0.3 is 20.1 Å². The van der Waals surface area contributed by atoms with E-state index in [0.717, 1.165) is 11.1 Å². The third-order valence-corrected chi connectivity index (χ3v) is 4.43. The van der Waals surface area contributed by atoms with Gasteiger partial charge in [-0.25, -0.2) is 4.79 Å². The Balaban J connectivity index is 1.79. The monoisotopic (exact) mass is 435 g/mol. The van der Waals surface area contributed by atoms with Gasteiger partial charge in [-0.05, 0) is 55.7 Å². The van der Waals surface area contributed by atoms with Gasteiger partial charge in [-0.15, -0.1) is 0 Å². The van der Waals surface area contributed by atoms with Crippen molar-refractivity contribution >= 4 is 29.5 Å². The minimum absolute atomic E-state index is 0.0470. The molecule has 2 aromatic rings. The Kier molecular flexibility index (Phi) is 8.99. The zero-order valence-corrected chi connectivity index (χ0v) is 18.2. The fourth-order valence-electron chi connectivity index (χ4n) is 2.73. The molecule has 2 aromatic carbocycles. The number of anilines is 1. The van der Waals surface area contributed by atoms with E-state index in [1.807, 2.05) is 38.1 Å². The maximum Gasteiger partial charge on any atom is 0.331 e. The van der Waals surface area contributed by atoms with E-state index in [1.54, 1.807) is 24.3 Å². The number of ether oxygens (including phenoxy) is 2. The average Bonchev–Trinajstić information content (AvgIpc) is 2.77. The summed E-state index contributed by atoms with van der Waals surface area (Å²) in [6.45, 7) is 4.89. The number of para-hydroxylation sites is 1. The van der Waals surface area contributed by atoms with E-state index in [-0.39, 0.29) is 19.1 Å². The Bertz CT molecular complexity index is 1020. The number of rotatable bonds is 9. The van der Waals surface area contributed by atoms with E-state index in [4.69, 9.17) is 14.7 Å². The zero-order valence-electron chi connectivity index (χ0n) is 18.2. The minimum atomic E-state index is -1.07. The predicted octanol–water partition coefficient (Wildman–Crippen LogP) is 2.91. The molecule has 0 saturated carbocycles. The molecular formula is C24H25N3O5. The first-order valence-corrected chi connectivity index (χ1v) is 9.92. The highest BCUT2D eigenvalue weighted by atomic mass is 16.5. The van der Waals surface area contributed by atoms with Crippen LogP contribution in [0.5, 0.6) is 5.75 Å². The van der Waals surface area contributed by atoms with Crippen molar-refractivity contribution in [1.29, 1.82) is 5.26 Å². The van der Waals surface area contributed by atoms with Gasteiger partial charge in [-0.2, -0.15) is 5.26 Å². The quantitative estimate of drug-likeness (QED) is 0.462. The fraction of sp³-hybridized carbons (Fsp3) is 0.250. The molecule has 166 valence electrons. The van der Waals surface area contributed by atoms with Crippen LogP contribution in [-0.4, -0.2) is 37.0 Å². The Morgan fingerprint density at radius 3 is 2.38 bits per heavy atom. The summed E-state index contributed by atoms with van der Waals surface area (Å²) >= 11 is 0. The van der Waals surface area contributed by atoms with Gasteiger partial charge >= 0.3 is 5.97 Å². The molecule has 0 fully saturated rings. The van der Waals surface area contributed by atoms with Gasteiger partial charge in [0.25, 0.3) is 5.91 Å². The number of benzene rings is 2. The molecule has 0 spiro atoms. The fourth-order valence-corrected chi connectivity index (χ4v) is 2.73. The Morgan fingerprint density at radius 1 is 1.09 bits per heavy atom. The number of hydrogen-bond donors (Lipinski definition) is 2. The molecule has 0 heterocycles. The van der Waals surface area contributed by atoms with E-state index >= 15 is 0 Å². The van der Waals surface area contributed by atoms with Crippen molar-refractivity contribution in [1.82, 2.24) is 5.32 Å². The second-order valence-corrected chi connectivity index (χ2v) is 6.96. The Morgan fingerprint density at radius 2 is 1.75 bits per heavy atom. The highest BCUT2D eigenvalue weighted by Crippen LogP contribution is 2.19. The number of carbonyl (C=O) groups excluding carboxylic acids is 3. The van der Waals surface area contributed by atoms with E-state index in [1.165, 1.54) is 19.1 Å². The predicted molar refractivity (Wildman–Crippen MR) is 120 cm³/mol. The largest absolute Gasteiger partial charge is 0.479 e. The highest BCUT2D eigenvalue weighted by Gasteiger charge is 2.17. The molecule has 0 saturated heterocycles. The van der Waals surface area contributed by atoms with Crippen LogP contribution in [0.25, 0.3) is 6.08 Å². The van der Waals surface area contributed by atoms with Crippen molar-refractivity contribution in [3.8, 4) is 11.8 Å². The van der Waals surface area contributed by atoms with Gasteiger partial charge in [0.1, 0.15) is 11.8 Å². The van der Waals surface area contributed by atoms with Gasteiger partial charge in [-0.3, -0.25) is 9.59 Å². The van der Waals surface area contributed by atoms with Crippen LogP contribution < -0.4 is 15.4 Å². The summed E-state index contributed by atoms with van der Waals surface area (Å²) in [5, 5.41) is 13.7. The molecule has 8 nitrogen and oxygen atoms in total. The first-order valence-electron chi connectivity index (χ1n) is 9.92. The van der Waals surface area contributed by atoms with Crippen LogP contribution in [0.4, 0.5) is 5.69 Å². The second-order valence-electron chi connectivity index (χ2n) is 6.96. The van der Waals surface area contributed by atoms with E-state index in [0.29, 0.717) is 17.0 Å². The lowest BCUT2D eigenvalue weighted by Gasteiger charge is -2.14. The first kappa shape index (κ1) is 24.2. The van der Waals surface area contributed by atoms with E-state index in [9.17, 15) is 14.4 Å². The maximum atomic E-state index is 12.1. The molecule has 1 unspecified atom stereocenters. The molecule has 0 aliphatic rings. The normalized spacial score (nSPS) is 11.3. The van der Waals surface area contributed by atoms with Crippen LogP contribution in [0.1, 0.15) is 23.6 Å². The number of nitrogens with one attached hydrogen (secondary N) is 2. The number of nitrogens with zero attached hydrogens (tertiary/aromatic N) is 1. The Hall–Kier alpha value is -4.12. The molecule has 0 aliphatic heterocycles. The van der Waals surface area contributed by atoms with Crippen molar-refractivity contribution in [3.05, 3.63) is 65.2 Å². The van der Waals surface area contributed by atoms with Crippen LogP contribution in [-0.2, 0) is 19.1 Å². The zero-order chi connectivity index (χ0) is 23.5. The minimum Gasteiger partial charge on any atom is -0.479 e. The lowest BCUT2D eigenvalue weighted by Crippen LogP contribution is -2.40. The van der Waals surface area contributed by atoms with Crippen molar-refractivity contribution in [2.75, 3.05) is 18.5 Å². The second kappa shape index (κ2) is 11.9. The number of hydrogen-bond acceptors (Lipinski definition) is 6. The number of aryl methyl sites for hydroxylation is 2. The average molecular weight is 435 g/mol. The molecule has 1 atom stereocenters. The first-order chi connectivity index (χ1) is 15.3. The lowest BCUT2D eigenvalue weighted by molar-refractivity contribution is -0.150. The summed E-state index contributed by atoms with van der Waals surface area (Å²) in [4.78, 5) is 36.2. The third-order valence-electron chi connectivity index (χ3n) is 4.43. The van der Waals surface area contributed by atoms with Crippen LogP contribution >= 0.6 is 0 Å². The van der Waals surface area contributed by atoms with Gasteiger partial charge in [0, 0.05) is 11.8 Å².